The van der Waals surface area contributed by atoms with E-state index >= 15 is 0 Å². The van der Waals surface area contributed by atoms with E-state index in [0.29, 0.717) is 18.5 Å². The molecule has 0 radical (unpaired) electrons. The van der Waals surface area contributed by atoms with Crippen LogP contribution in [0.25, 0.3) is 10.8 Å². The molecule has 1 fully saturated rings. The Morgan fingerprint density at radius 2 is 1.97 bits per heavy atom. The van der Waals surface area contributed by atoms with Gasteiger partial charge in [0.25, 0.3) is 5.56 Å². The number of fused-ring (bicyclic) bond motifs is 2. The van der Waals surface area contributed by atoms with Gasteiger partial charge in [-0.3, -0.25) is 9.36 Å². The quantitative estimate of drug-likeness (QED) is 0.636. The van der Waals surface area contributed by atoms with Crippen LogP contribution in [0.4, 0.5) is 5.82 Å². The number of carboxylic acids is 1. The van der Waals surface area contributed by atoms with Gasteiger partial charge in [-0.2, -0.15) is 0 Å². The Kier molecular flexibility index (Phi) is 4.74. The number of aromatic nitrogens is 2. The number of aliphatic carboxylic acids is 1. The predicted octanol–water partition coefficient (Wildman–Crippen LogP) is 4.37. The van der Waals surface area contributed by atoms with Gasteiger partial charge in [-0.15, -0.1) is 0 Å². The molecule has 0 spiro atoms. The van der Waals surface area contributed by atoms with Gasteiger partial charge in [-0.1, -0.05) is 54.1 Å². The molecule has 2 aliphatic rings. The third-order valence-corrected chi connectivity index (χ3v) is 6.61. The Labute approximate surface area is 178 Å². The van der Waals surface area contributed by atoms with Crippen LogP contribution in [0, 0.1) is 0 Å². The molecule has 5 rings (SSSR count). The van der Waals surface area contributed by atoms with E-state index in [2.05, 4.69) is 34.6 Å². The zero-order valence-corrected chi connectivity index (χ0v) is 17.1. The lowest BCUT2D eigenvalue weighted by atomic mass is 9.92. The molecule has 2 heterocycles. The summed E-state index contributed by atoms with van der Waals surface area (Å²) in [6.07, 6.45) is 4.00. The molecule has 0 unspecified atom stereocenters. The minimum Gasteiger partial charge on any atom is -0.480 e. The van der Waals surface area contributed by atoms with Crippen LogP contribution >= 0.6 is 11.6 Å². The smallest absolute Gasteiger partial charge is 0.326 e. The van der Waals surface area contributed by atoms with Crippen LogP contribution in [0.5, 0.6) is 0 Å². The Morgan fingerprint density at radius 1 is 1.20 bits per heavy atom. The minimum atomic E-state index is -1.02. The van der Waals surface area contributed by atoms with Crippen molar-refractivity contribution in [3.05, 3.63) is 69.2 Å². The number of nitrogens with zero attached hydrogens (tertiary/aromatic N) is 2. The second-order valence-corrected chi connectivity index (χ2v) is 8.61. The maximum absolute atomic E-state index is 13.1. The van der Waals surface area contributed by atoms with Gasteiger partial charge in [0.2, 0.25) is 0 Å². The Morgan fingerprint density at radius 3 is 2.67 bits per heavy atom. The molecule has 1 aromatic heterocycles. The standard InChI is InChI=1S/C23H22ClN3O3/c24-20-19-16(11-13-8-9-14-4-1-2-5-15(14)10-13)12-18(23(29)30)27(19)22(28)21(26-20)25-17-6-3-7-17/h1-2,4-5,8-10,16-18H,3,6-7,11-12H2,(H,25,26)(H,29,30)/t16-,18-/m0/s1. The first kappa shape index (κ1) is 19.1. The molecule has 0 saturated heterocycles. The first-order chi connectivity index (χ1) is 14.5. The normalized spacial score (nSPS) is 20.7. The third-order valence-electron chi connectivity index (χ3n) is 6.34. The Bertz CT molecular complexity index is 1200. The summed E-state index contributed by atoms with van der Waals surface area (Å²) < 4.78 is 1.35. The number of benzene rings is 2. The lowest BCUT2D eigenvalue weighted by Gasteiger charge is -2.27. The molecule has 1 aliphatic carbocycles. The number of carboxylic acid groups (broad SMARTS) is 1. The van der Waals surface area contributed by atoms with Crippen molar-refractivity contribution >= 4 is 34.2 Å². The third kappa shape index (κ3) is 3.25. The van der Waals surface area contributed by atoms with Crippen molar-refractivity contribution in [1.29, 1.82) is 0 Å². The molecule has 2 N–H and O–H groups in total. The second kappa shape index (κ2) is 7.43. The molecule has 0 bridgehead atoms. The van der Waals surface area contributed by atoms with Gasteiger partial charge < -0.3 is 10.4 Å². The predicted molar refractivity (Wildman–Crippen MR) is 116 cm³/mol. The highest BCUT2D eigenvalue weighted by Gasteiger charge is 2.39. The largest absolute Gasteiger partial charge is 0.480 e. The number of nitrogens with one attached hydrogen (secondary N) is 1. The van der Waals surface area contributed by atoms with E-state index in [1.54, 1.807) is 0 Å². The number of anilines is 1. The van der Waals surface area contributed by atoms with Crippen LogP contribution in [-0.4, -0.2) is 26.7 Å². The lowest BCUT2D eigenvalue weighted by molar-refractivity contribution is -0.140. The van der Waals surface area contributed by atoms with Gasteiger partial charge in [0.15, 0.2) is 11.0 Å². The summed E-state index contributed by atoms with van der Waals surface area (Å²) in [5.74, 6) is -1.04. The van der Waals surface area contributed by atoms with Crippen LogP contribution < -0.4 is 10.9 Å². The number of carbonyl (C=O) groups is 1. The average Bonchev–Trinajstić information content (AvgIpc) is 3.08. The van der Waals surface area contributed by atoms with E-state index in [1.807, 2.05) is 18.2 Å². The van der Waals surface area contributed by atoms with Crippen molar-refractivity contribution in [3.63, 3.8) is 0 Å². The van der Waals surface area contributed by atoms with Crippen molar-refractivity contribution in [1.82, 2.24) is 9.55 Å². The van der Waals surface area contributed by atoms with Crippen LogP contribution in [0.15, 0.2) is 47.3 Å². The van der Waals surface area contributed by atoms with E-state index in [9.17, 15) is 14.7 Å². The summed E-state index contributed by atoms with van der Waals surface area (Å²) in [4.78, 5) is 29.4. The zero-order valence-electron chi connectivity index (χ0n) is 16.3. The van der Waals surface area contributed by atoms with Crippen molar-refractivity contribution < 1.29 is 9.90 Å². The first-order valence-electron chi connectivity index (χ1n) is 10.3. The highest BCUT2D eigenvalue weighted by molar-refractivity contribution is 6.30. The van der Waals surface area contributed by atoms with Gasteiger partial charge in [0.1, 0.15) is 6.04 Å². The number of hydrogen-bond acceptors (Lipinski definition) is 4. The summed E-state index contributed by atoms with van der Waals surface area (Å²) >= 11 is 6.51. The number of hydrogen-bond donors (Lipinski definition) is 2. The highest BCUT2D eigenvalue weighted by atomic mass is 35.5. The molecule has 2 aromatic carbocycles. The number of halogens is 1. The van der Waals surface area contributed by atoms with Crippen molar-refractivity contribution in [2.24, 2.45) is 0 Å². The van der Waals surface area contributed by atoms with Crippen LogP contribution in [-0.2, 0) is 11.2 Å². The van der Waals surface area contributed by atoms with Gasteiger partial charge in [-0.25, -0.2) is 9.78 Å². The minimum absolute atomic E-state index is 0.158. The van der Waals surface area contributed by atoms with E-state index in [-0.39, 0.29) is 22.9 Å². The van der Waals surface area contributed by atoms with E-state index < -0.39 is 17.6 Å². The summed E-state index contributed by atoms with van der Waals surface area (Å²) in [6.45, 7) is 0. The first-order valence-corrected chi connectivity index (χ1v) is 10.7. The molecule has 154 valence electrons. The summed E-state index contributed by atoms with van der Waals surface area (Å²) in [6, 6.07) is 13.6. The molecule has 1 saturated carbocycles. The molecular weight excluding hydrogens is 402 g/mol. The molecule has 1 aliphatic heterocycles. The fraction of sp³-hybridized carbons (Fsp3) is 0.348. The van der Waals surface area contributed by atoms with Crippen LogP contribution in [0.2, 0.25) is 5.15 Å². The molecular formula is C23H22ClN3O3. The van der Waals surface area contributed by atoms with E-state index in [1.165, 1.54) is 4.57 Å². The Balaban J connectivity index is 1.53. The molecule has 7 heteroatoms. The lowest BCUT2D eigenvalue weighted by Crippen LogP contribution is -2.35. The van der Waals surface area contributed by atoms with Crippen LogP contribution in [0.1, 0.15) is 48.9 Å². The second-order valence-electron chi connectivity index (χ2n) is 8.26. The maximum atomic E-state index is 13.1. The fourth-order valence-electron chi connectivity index (χ4n) is 4.57. The summed E-state index contributed by atoms with van der Waals surface area (Å²) in [5.41, 5.74) is 1.22. The summed E-state index contributed by atoms with van der Waals surface area (Å²) in [5, 5.41) is 15.4. The van der Waals surface area contributed by atoms with Crippen molar-refractivity contribution in [2.75, 3.05) is 5.32 Å². The van der Waals surface area contributed by atoms with Gasteiger partial charge in [0.05, 0.1) is 5.69 Å². The molecule has 3 aromatic rings. The fourth-order valence-corrected chi connectivity index (χ4v) is 4.90. The molecule has 30 heavy (non-hydrogen) atoms. The van der Waals surface area contributed by atoms with Gasteiger partial charge in [-0.05, 0) is 48.4 Å². The molecule has 6 nitrogen and oxygen atoms in total. The average molecular weight is 424 g/mol. The SMILES string of the molecule is O=C(O)[C@@H]1C[C@H](Cc2ccc3ccccc3c2)c2c(Cl)nc(NC3CCC3)c(=O)n21. The van der Waals surface area contributed by atoms with Crippen LogP contribution in [0.3, 0.4) is 0 Å². The Hall–Kier alpha value is -2.86. The topological polar surface area (TPSA) is 84.2 Å². The van der Waals surface area contributed by atoms with Crippen molar-refractivity contribution in [3.8, 4) is 0 Å². The molecule has 0 amide bonds. The zero-order chi connectivity index (χ0) is 20.8. The monoisotopic (exact) mass is 423 g/mol. The summed E-state index contributed by atoms with van der Waals surface area (Å²) in [7, 11) is 0. The van der Waals surface area contributed by atoms with Gasteiger partial charge >= 0.3 is 5.97 Å². The maximum Gasteiger partial charge on any atom is 0.326 e. The van der Waals surface area contributed by atoms with Crippen molar-refractivity contribution in [2.45, 2.75) is 50.1 Å². The van der Waals surface area contributed by atoms with Gasteiger partial charge in [0, 0.05) is 12.0 Å². The highest BCUT2D eigenvalue weighted by Crippen LogP contribution is 2.41. The molecule has 2 atom stereocenters. The number of rotatable bonds is 5. The van der Waals surface area contributed by atoms with E-state index in [4.69, 9.17) is 11.6 Å². The van der Waals surface area contributed by atoms with E-state index in [0.717, 1.165) is 35.6 Å².